The van der Waals surface area contributed by atoms with Gasteiger partial charge in [-0.05, 0) is 38.3 Å². The van der Waals surface area contributed by atoms with Gasteiger partial charge in [-0.25, -0.2) is 0 Å². The van der Waals surface area contributed by atoms with Crippen LogP contribution in [0.4, 0.5) is 11.4 Å². The van der Waals surface area contributed by atoms with E-state index in [-0.39, 0.29) is 23.2 Å². The van der Waals surface area contributed by atoms with Gasteiger partial charge in [-0.3, -0.25) is 14.9 Å². The van der Waals surface area contributed by atoms with Gasteiger partial charge in [0.05, 0.1) is 4.92 Å². The average Bonchev–Trinajstić information content (AvgIpc) is 3.22. The van der Waals surface area contributed by atoms with Gasteiger partial charge in [0, 0.05) is 30.3 Å². The first kappa shape index (κ1) is 15.2. The van der Waals surface area contributed by atoms with E-state index in [9.17, 15) is 14.9 Å². The quantitative estimate of drug-likeness (QED) is 0.522. The van der Waals surface area contributed by atoms with Crippen LogP contribution >= 0.6 is 0 Å². The minimum Gasteiger partial charge on any atom is -0.377 e. The highest BCUT2D eigenvalue weighted by molar-refractivity contribution is 5.95. The van der Waals surface area contributed by atoms with Gasteiger partial charge in [-0.15, -0.1) is 0 Å². The number of anilines is 1. The third-order valence-electron chi connectivity index (χ3n) is 3.28. The van der Waals surface area contributed by atoms with E-state index < -0.39 is 4.92 Å². The largest absolute Gasteiger partial charge is 0.377 e. The summed E-state index contributed by atoms with van der Waals surface area (Å²) < 4.78 is 0. The number of rotatable bonds is 7. The van der Waals surface area contributed by atoms with Crippen LogP contribution in [0, 0.1) is 10.1 Å². The summed E-state index contributed by atoms with van der Waals surface area (Å²) in [5, 5.41) is 16.9. The molecule has 0 bridgehead atoms. The first-order valence-corrected chi connectivity index (χ1v) is 7.06. The van der Waals surface area contributed by atoms with E-state index in [0.29, 0.717) is 24.7 Å². The number of benzene rings is 1. The number of nitrogens with one attached hydrogen (secondary N) is 2. The Bertz CT molecular complexity index is 541. The van der Waals surface area contributed by atoms with Crippen LogP contribution in [0.2, 0.25) is 0 Å². The first-order chi connectivity index (χ1) is 9.97. The number of nitrogens with two attached hydrogens (primary N) is 1. The first-order valence-electron chi connectivity index (χ1n) is 7.06. The van der Waals surface area contributed by atoms with E-state index in [1.165, 1.54) is 6.07 Å². The zero-order chi connectivity index (χ0) is 15.4. The highest BCUT2D eigenvalue weighted by Gasteiger charge is 2.25. The molecule has 1 aliphatic carbocycles. The molecule has 1 amide bonds. The second kappa shape index (κ2) is 6.53. The van der Waals surface area contributed by atoms with Crippen molar-refractivity contribution in [3.63, 3.8) is 0 Å². The van der Waals surface area contributed by atoms with Gasteiger partial charge in [0.2, 0.25) is 0 Å². The number of hydrogen-bond donors (Lipinski definition) is 3. The Morgan fingerprint density at radius 1 is 1.52 bits per heavy atom. The lowest BCUT2D eigenvalue weighted by Gasteiger charge is -2.09. The van der Waals surface area contributed by atoms with Crippen LogP contribution in [0.25, 0.3) is 0 Å². The predicted octanol–water partition coefficient (Wildman–Crippen LogP) is 1.64. The maximum absolute atomic E-state index is 12.0. The molecule has 114 valence electrons. The van der Waals surface area contributed by atoms with Crippen LogP contribution in [0.15, 0.2) is 18.2 Å². The summed E-state index contributed by atoms with van der Waals surface area (Å²) in [5.41, 5.74) is 6.29. The van der Waals surface area contributed by atoms with Gasteiger partial charge in [0.1, 0.15) is 5.69 Å². The lowest BCUT2D eigenvalue weighted by atomic mass is 10.1. The number of nitrogens with zero attached hydrogens (tertiary/aromatic N) is 1. The standard InChI is InChI=1S/C14H20N4O3/c1-9(15)6-7-16-14(19)10-2-5-12(17-11-3-4-11)13(8-10)18(20)21/h2,5,8-9,11,17H,3-4,6-7,15H2,1H3,(H,16,19). The summed E-state index contributed by atoms with van der Waals surface area (Å²) >= 11 is 0. The number of carbonyl (C=O) groups excluding carboxylic acids is 1. The summed E-state index contributed by atoms with van der Waals surface area (Å²) in [7, 11) is 0. The molecule has 7 heteroatoms. The Morgan fingerprint density at radius 3 is 2.81 bits per heavy atom. The molecule has 4 N–H and O–H groups in total. The molecule has 1 unspecified atom stereocenters. The number of nitro groups is 1. The molecule has 0 aromatic heterocycles. The van der Waals surface area contributed by atoms with Crippen LogP contribution in [-0.2, 0) is 0 Å². The van der Waals surface area contributed by atoms with Crippen molar-refractivity contribution in [3.05, 3.63) is 33.9 Å². The topological polar surface area (TPSA) is 110 Å². The summed E-state index contributed by atoms with van der Waals surface area (Å²) in [6.45, 7) is 2.31. The van der Waals surface area contributed by atoms with Crippen molar-refractivity contribution < 1.29 is 9.72 Å². The van der Waals surface area contributed by atoms with Crippen LogP contribution < -0.4 is 16.4 Å². The number of nitro benzene ring substituents is 1. The van der Waals surface area contributed by atoms with Crippen molar-refractivity contribution in [3.8, 4) is 0 Å². The van der Waals surface area contributed by atoms with Gasteiger partial charge in [0.15, 0.2) is 0 Å². The molecule has 0 radical (unpaired) electrons. The van der Waals surface area contributed by atoms with Crippen molar-refractivity contribution >= 4 is 17.3 Å². The Labute approximate surface area is 123 Å². The highest BCUT2D eigenvalue weighted by atomic mass is 16.6. The third kappa shape index (κ3) is 4.42. The summed E-state index contributed by atoms with van der Waals surface area (Å²) in [6.07, 6.45) is 2.71. The molecule has 0 saturated heterocycles. The lowest BCUT2D eigenvalue weighted by Crippen LogP contribution is -2.29. The Hall–Kier alpha value is -2.15. The minimum atomic E-state index is -0.469. The molecule has 1 aliphatic rings. The zero-order valence-electron chi connectivity index (χ0n) is 12.0. The second-order valence-electron chi connectivity index (χ2n) is 5.43. The number of hydrogen-bond acceptors (Lipinski definition) is 5. The van der Waals surface area contributed by atoms with Crippen LogP contribution in [0.3, 0.4) is 0 Å². The summed E-state index contributed by atoms with van der Waals surface area (Å²) in [4.78, 5) is 22.6. The van der Waals surface area contributed by atoms with Crippen molar-refractivity contribution in [2.45, 2.75) is 38.3 Å². The van der Waals surface area contributed by atoms with E-state index in [2.05, 4.69) is 10.6 Å². The van der Waals surface area contributed by atoms with Gasteiger partial charge < -0.3 is 16.4 Å². The van der Waals surface area contributed by atoms with E-state index >= 15 is 0 Å². The molecular weight excluding hydrogens is 272 g/mol. The van der Waals surface area contributed by atoms with Crippen molar-refractivity contribution in [2.24, 2.45) is 5.73 Å². The van der Waals surface area contributed by atoms with Gasteiger partial charge in [-0.1, -0.05) is 0 Å². The van der Waals surface area contributed by atoms with Crippen LogP contribution in [-0.4, -0.2) is 29.5 Å². The van der Waals surface area contributed by atoms with Crippen molar-refractivity contribution in [2.75, 3.05) is 11.9 Å². The molecule has 1 saturated carbocycles. The van der Waals surface area contributed by atoms with Crippen molar-refractivity contribution in [1.82, 2.24) is 5.32 Å². The van der Waals surface area contributed by atoms with Gasteiger partial charge in [0.25, 0.3) is 11.6 Å². The Morgan fingerprint density at radius 2 is 2.24 bits per heavy atom. The minimum absolute atomic E-state index is 0.00440. The van der Waals surface area contributed by atoms with Crippen molar-refractivity contribution in [1.29, 1.82) is 0 Å². The van der Waals surface area contributed by atoms with Gasteiger partial charge >= 0.3 is 0 Å². The molecular formula is C14H20N4O3. The Balaban J connectivity index is 2.07. The maximum atomic E-state index is 12.0. The summed E-state index contributed by atoms with van der Waals surface area (Å²) in [6, 6.07) is 4.82. The Kier molecular flexibility index (Phi) is 4.74. The number of carbonyl (C=O) groups is 1. The zero-order valence-corrected chi connectivity index (χ0v) is 12.0. The predicted molar refractivity (Wildman–Crippen MR) is 80.3 cm³/mol. The molecule has 1 aromatic carbocycles. The lowest BCUT2D eigenvalue weighted by molar-refractivity contribution is -0.384. The molecule has 1 fully saturated rings. The molecule has 0 aliphatic heterocycles. The smallest absolute Gasteiger partial charge is 0.293 e. The monoisotopic (exact) mass is 292 g/mol. The van der Waals surface area contributed by atoms with E-state index in [1.54, 1.807) is 12.1 Å². The number of amides is 1. The fraction of sp³-hybridized carbons (Fsp3) is 0.500. The SMILES string of the molecule is CC(N)CCNC(=O)c1ccc(NC2CC2)c([N+](=O)[O-])c1. The van der Waals surface area contributed by atoms with Crippen LogP contribution in [0.5, 0.6) is 0 Å². The maximum Gasteiger partial charge on any atom is 0.293 e. The van der Waals surface area contributed by atoms with E-state index in [1.807, 2.05) is 6.92 Å². The molecule has 7 nitrogen and oxygen atoms in total. The van der Waals surface area contributed by atoms with Gasteiger partial charge in [-0.2, -0.15) is 0 Å². The third-order valence-corrected chi connectivity index (χ3v) is 3.28. The average molecular weight is 292 g/mol. The fourth-order valence-corrected chi connectivity index (χ4v) is 1.91. The summed E-state index contributed by atoms with van der Waals surface area (Å²) in [5.74, 6) is -0.322. The molecule has 0 heterocycles. The molecule has 2 rings (SSSR count). The van der Waals surface area contributed by atoms with E-state index in [4.69, 9.17) is 5.73 Å². The van der Waals surface area contributed by atoms with E-state index in [0.717, 1.165) is 12.8 Å². The molecule has 0 spiro atoms. The molecule has 1 atom stereocenters. The molecule has 1 aromatic rings. The normalized spacial score (nSPS) is 15.3. The fourth-order valence-electron chi connectivity index (χ4n) is 1.91. The highest BCUT2D eigenvalue weighted by Crippen LogP contribution is 2.31. The second-order valence-corrected chi connectivity index (χ2v) is 5.43. The van der Waals surface area contributed by atoms with Crippen LogP contribution in [0.1, 0.15) is 36.5 Å². The molecule has 21 heavy (non-hydrogen) atoms.